The second kappa shape index (κ2) is 8.48. The summed E-state index contributed by atoms with van der Waals surface area (Å²) in [5.41, 5.74) is 4.11. The quantitative estimate of drug-likeness (QED) is 0.710. The molecule has 0 aliphatic rings. The summed E-state index contributed by atoms with van der Waals surface area (Å²) in [5.74, 6) is -0.588. The van der Waals surface area contributed by atoms with Crippen molar-refractivity contribution in [3.05, 3.63) is 89.2 Å². The highest BCUT2D eigenvalue weighted by Gasteiger charge is 2.19. The lowest BCUT2D eigenvalue weighted by Gasteiger charge is -2.21. The molecule has 142 valence electrons. The topological polar surface area (TPSA) is 62.3 Å². The van der Waals surface area contributed by atoms with Crippen LogP contribution < -0.4 is 10.2 Å². The summed E-state index contributed by atoms with van der Waals surface area (Å²) < 4.78 is 0. The molecule has 0 unspecified atom stereocenters. The molecule has 0 bridgehead atoms. The van der Waals surface area contributed by atoms with E-state index in [-0.39, 0.29) is 23.2 Å². The van der Waals surface area contributed by atoms with Gasteiger partial charge in [-0.3, -0.25) is 9.59 Å². The summed E-state index contributed by atoms with van der Waals surface area (Å²) in [6, 6.07) is 20.2. The fraction of sp³-hybridized carbons (Fsp3) is 0.174. The smallest absolute Gasteiger partial charge is 0.276 e. The molecule has 28 heavy (non-hydrogen) atoms. The monoisotopic (exact) mass is 373 g/mol. The van der Waals surface area contributed by atoms with Gasteiger partial charge in [0.2, 0.25) is 0 Å². The maximum Gasteiger partial charge on any atom is 0.276 e. The molecule has 0 saturated carbocycles. The second-order valence-corrected chi connectivity index (χ2v) is 6.62. The number of amides is 2. The Balaban J connectivity index is 1.82. The minimum absolute atomic E-state index is 0.201. The number of aryl methyl sites for hydroxylation is 2. The van der Waals surface area contributed by atoms with E-state index in [9.17, 15) is 9.59 Å². The van der Waals surface area contributed by atoms with E-state index in [1.807, 2.05) is 69.3 Å². The lowest BCUT2D eigenvalue weighted by molar-refractivity contribution is 0.0983. The highest BCUT2D eigenvalue weighted by molar-refractivity contribution is 6.07. The zero-order valence-electron chi connectivity index (χ0n) is 16.3. The number of pyridine rings is 1. The predicted octanol–water partition coefficient (Wildman–Crippen LogP) is 4.62. The first kappa shape index (κ1) is 19.3. The van der Waals surface area contributed by atoms with Gasteiger partial charge < -0.3 is 10.2 Å². The van der Waals surface area contributed by atoms with E-state index >= 15 is 0 Å². The van der Waals surface area contributed by atoms with E-state index in [2.05, 4.69) is 10.3 Å². The van der Waals surface area contributed by atoms with Gasteiger partial charge in [-0.15, -0.1) is 0 Å². The molecule has 0 aliphatic carbocycles. The molecule has 0 fully saturated rings. The van der Waals surface area contributed by atoms with E-state index in [0.29, 0.717) is 12.2 Å². The van der Waals surface area contributed by atoms with Gasteiger partial charge in [-0.1, -0.05) is 35.9 Å². The molecule has 0 saturated heterocycles. The van der Waals surface area contributed by atoms with Crippen molar-refractivity contribution in [3.63, 3.8) is 0 Å². The van der Waals surface area contributed by atoms with E-state index in [0.717, 1.165) is 16.8 Å². The highest BCUT2D eigenvalue weighted by Crippen LogP contribution is 2.18. The molecule has 2 amide bonds. The minimum Gasteiger partial charge on any atom is -0.321 e. The predicted molar refractivity (Wildman–Crippen MR) is 112 cm³/mol. The SMILES string of the molecule is CCN(C(=O)c1cccc(C(=O)Nc2ccc(C)cc2)n1)c1cccc(C)c1. The molecule has 2 aromatic carbocycles. The number of nitrogens with one attached hydrogen (secondary N) is 1. The molecule has 0 radical (unpaired) electrons. The van der Waals surface area contributed by atoms with Gasteiger partial charge in [0.1, 0.15) is 11.4 Å². The number of rotatable bonds is 5. The zero-order valence-corrected chi connectivity index (χ0v) is 16.3. The van der Waals surface area contributed by atoms with E-state index in [1.165, 1.54) is 0 Å². The summed E-state index contributed by atoms with van der Waals surface area (Å²) in [6.07, 6.45) is 0. The van der Waals surface area contributed by atoms with E-state index < -0.39 is 0 Å². The Labute approximate surface area is 165 Å². The summed E-state index contributed by atoms with van der Waals surface area (Å²) in [5, 5.41) is 2.81. The van der Waals surface area contributed by atoms with Gasteiger partial charge in [0.25, 0.3) is 11.8 Å². The Morgan fingerprint density at radius 1 is 0.893 bits per heavy atom. The van der Waals surface area contributed by atoms with Gasteiger partial charge in [-0.05, 0) is 62.7 Å². The van der Waals surface area contributed by atoms with Gasteiger partial charge >= 0.3 is 0 Å². The van der Waals surface area contributed by atoms with Crippen LogP contribution in [0.2, 0.25) is 0 Å². The van der Waals surface area contributed by atoms with Crippen molar-refractivity contribution in [3.8, 4) is 0 Å². The van der Waals surface area contributed by atoms with Gasteiger partial charge in [0, 0.05) is 17.9 Å². The molecule has 0 aliphatic heterocycles. The van der Waals surface area contributed by atoms with Crippen molar-refractivity contribution < 1.29 is 9.59 Å². The first-order valence-electron chi connectivity index (χ1n) is 9.21. The van der Waals surface area contributed by atoms with Crippen LogP contribution in [0.3, 0.4) is 0 Å². The summed E-state index contributed by atoms with van der Waals surface area (Å²) >= 11 is 0. The van der Waals surface area contributed by atoms with Crippen LogP contribution in [0.25, 0.3) is 0 Å². The van der Waals surface area contributed by atoms with Crippen LogP contribution in [-0.4, -0.2) is 23.3 Å². The Morgan fingerprint density at radius 2 is 1.57 bits per heavy atom. The summed E-state index contributed by atoms with van der Waals surface area (Å²) in [4.78, 5) is 31.5. The Morgan fingerprint density at radius 3 is 2.25 bits per heavy atom. The first-order chi connectivity index (χ1) is 13.5. The van der Waals surface area contributed by atoms with Crippen LogP contribution in [0.4, 0.5) is 11.4 Å². The van der Waals surface area contributed by atoms with Crippen LogP contribution in [-0.2, 0) is 0 Å². The largest absolute Gasteiger partial charge is 0.321 e. The Bertz CT molecular complexity index is 997. The normalized spacial score (nSPS) is 10.4. The number of carbonyl (C=O) groups is 2. The molecule has 3 rings (SSSR count). The van der Waals surface area contributed by atoms with E-state index in [4.69, 9.17) is 0 Å². The third-order valence-corrected chi connectivity index (χ3v) is 4.38. The number of hydrogen-bond donors (Lipinski definition) is 1. The lowest BCUT2D eigenvalue weighted by atomic mass is 10.2. The molecule has 5 heteroatoms. The standard InChI is InChI=1S/C23H23N3O2/c1-4-26(19-8-5-7-17(3)15-19)23(28)21-10-6-9-20(25-21)22(27)24-18-13-11-16(2)12-14-18/h5-15H,4H2,1-3H3,(H,24,27). The average molecular weight is 373 g/mol. The van der Waals surface area contributed by atoms with Gasteiger partial charge in [-0.2, -0.15) is 0 Å². The molecular weight excluding hydrogens is 350 g/mol. The number of benzene rings is 2. The molecule has 1 aromatic heterocycles. The second-order valence-electron chi connectivity index (χ2n) is 6.62. The van der Waals surface area contributed by atoms with Crippen molar-refractivity contribution in [2.75, 3.05) is 16.8 Å². The molecule has 0 atom stereocenters. The van der Waals surface area contributed by atoms with Crippen LogP contribution in [0.15, 0.2) is 66.7 Å². The molecular formula is C23H23N3O2. The number of hydrogen-bond acceptors (Lipinski definition) is 3. The minimum atomic E-state index is -0.350. The lowest BCUT2D eigenvalue weighted by Crippen LogP contribution is -2.31. The molecule has 1 N–H and O–H groups in total. The molecule has 1 heterocycles. The van der Waals surface area contributed by atoms with Crippen LogP contribution >= 0.6 is 0 Å². The van der Waals surface area contributed by atoms with Crippen molar-refractivity contribution in [1.82, 2.24) is 4.98 Å². The zero-order chi connectivity index (χ0) is 20.1. The fourth-order valence-corrected chi connectivity index (χ4v) is 2.89. The van der Waals surface area contributed by atoms with Gasteiger partial charge in [0.05, 0.1) is 0 Å². The fourth-order valence-electron chi connectivity index (χ4n) is 2.89. The van der Waals surface area contributed by atoms with Crippen LogP contribution in [0.5, 0.6) is 0 Å². The highest BCUT2D eigenvalue weighted by atomic mass is 16.2. The number of carbonyl (C=O) groups excluding carboxylic acids is 2. The third-order valence-electron chi connectivity index (χ3n) is 4.38. The average Bonchev–Trinajstić information content (AvgIpc) is 2.70. The Hall–Kier alpha value is -3.47. The van der Waals surface area contributed by atoms with Crippen LogP contribution in [0.1, 0.15) is 39.0 Å². The summed E-state index contributed by atoms with van der Waals surface area (Å²) in [7, 11) is 0. The van der Waals surface area contributed by atoms with Gasteiger partial charge in [-0.25, -0.2) is 4.98 Å². The number of aromatic nitrogens is 1. The number of anilines is 2. The first-order valence-corrected chi connectivity index (χ1v) is 9.21. The molecule has 0 spiro atoms. The van der Waals surface area contributed by atoms with E-state index in [1.54, 1.807) is 23.1 Å². The number of nitrogens with zero attached hydrogens (tertiary/aromatic N) is 2. The maximum atomic E-state index is 13.0. The maximum absolute atomic E-state index is 13.0. The Kier molecular flexibility index (Phi) is 5.84. The summed E-state index contributed by atoms with van der Waals surface area (Å²) in [6.45, 7) is 6.38. The van der Waals surface area contributed by atoms with Crippen molar-refractivity contribution in [2.24, 2.45) is 0 Å². The molecule has 5 nitrogen and oxygen atoms in total. The van der Waals surface area contributed by atoms with Crippen LogP contribution in [0, 0.1) is 13.8 Å². The van der Waals surface area contributed by atoms with Gasteiger partial charge in [0.15, 0.2) is 0 Å². The van der Waals surface area contributed by atoms with Crippen molar-refractivity contribution >= 4 is 23.2 Å². The molecule has 3 aromatic rings. The van der Waals surface area contributed by atoms with Crippen molar-refractivity contribution in [1.29, 1.82) is 0 Å². The van der Waals surface area contributed by atoms with Crippen molar-refractivity contribution in [2.45, 2.75) is 20.8 Å². The third kappa shape index (κ3) is 4.43.